The Morgan fingerprint density at radius 1 is 1.03 bits per heavy atom. The lowest BCUT2D eigenvalue weighted by Crippen LogP contribution is -2.36. The number of hydrogen-bond donors (Lipinski definition) is 3. The summed E-state index contributed by atoms with van der Waals surface area (Å²) in [5.41, 5.74) is 3.84. The SMILES string of the molecule is Clc1ccc(CNc2cccc(N3CCOCC3)c2)cc1.O=C1COc2ccc(S(=O)(=O)O)cc2N1. The Kier molecular flexibility index (Phi) is 8.32. The van der Waals surface area contributed by atoms with Crippen molar-refractivity contribution in [1.29, 1.82) is 0 Å². The third-order valence-corrected chi connectivity index (χ3v) is 6.62. The first kappa shape index (κ1) is 25.8. The van der Waals surface area contributed by atoms with Gasteiger partial charge in [-0.1, -0.05) is 29.8 Å². The highest BCUT2D eigenvalue weighted by Gasteiger charge is 2.19. The zero-order valence-electron chi connectivity index (χ0n) is 19.3. The zero-order chi connectivity index (χ0) is 25.5. The molecule has 0 radical (unpaired) electrons. The highest BCUT2D eigenvalue weighted by atomic mass is 35.5. The van der Waals surface area contributed by atoms with Gasteiger partial charge in [0.05, 0.1) is 23.8 Å². The molecule has 5 rings (SSSR count). The smallest absolute Gasteiger partial charge is 0.294 e. The maximum Gasteiger partial charge on any atom is 0.294 e. The molecule has 11 heteroatoms. The summed E-state index contributed by atoms with van der Waals surface area (Å²) in [5.74, 6) is 0.0111. The molecule has 3 aromatic rings. The first-order valence-electron chi connectivity index (χ1n) is 11.2. The van der Waals surface area contributed by atoms with Crippen molar-refractivity contribution < 1.29 is 27.2 Å². The van der Waals surface area contributed by atoms with Gasteiger partial charge in [-0.05, 0) is 54.1 Å². The van der Waals surface area contributed by atoms with Crippen molar-refractivity contribution in [1.82, 2.24) is 0 Å². The molecule has 3 aromatic carbocycles. The van der Waals surface area contributed by atoms with Crippen LogP contribution in [-0.4, -0.2) is 51.8 Å². The Bertz CT molecular complexity index is 1310. The maximum atomic E-state index is 10.9. The van der Waals surface area contributed by atoms with Gasteiger partial charge in [0.2, 0.25) is 0 Å². The number of fused-ring (bicyclic) bond motifs is 1. The number of carbonyl (C=O) groups is 1. The first-order valence-corrected chi connectivity index (χ1v) is 13.0. The molecule has 1 fully saturated rings. The van der Waals surface area contributed by atoms with Crippen LogP contribution in [0.25, 0.3) is 0 Å². The van der Waals surface area contributed by atoms with Crippen LogP contribution < -0.4 is 20.3 Å². The molecular formula is C25H26ClN3O6S. The van der Waals surface area contributed by atoms with E-state index in [1.54, 1.807) is 0 Å². The highest BCUT2D eigenvalue weighted by Crippen LogP contribution is 2.29. The van der Waals surface area contributed by atoms with E-state index in [4.69, 9.17) is 25.6 Å². The first-order chi connectivity index (χ1) is 17.3. The second-order valence-corrected chi connectivity index (χ2v) is 9.96. The maximum absolute atomic E-state index is 10.9. The predicted octanol–water partition coefficient (Wildman–Crippen LogP) is 4.05. The number of ether oxygens (including phenoxy) is 2. The van der Waals surface area contributed by atoms with E-state index in [0.29, 0.717) is 5.75 Å². The number of halogens is 1. The van der Waals surface area contributed by atoms with Gasteiger partial charge >= 0.3 is 0 Å². The van der Waals surface area contributed by atoms with Gasteiger partial charge in [0.15, 0.2) is 6.61 Å². The largest absolute Gasteiger partial charge is 0.482 e. The van der Waals surface area contributed by atoms with E-state index in [1.165, 1.54) is 23.4 Å². The van der Waals surface area contributed by atoms with Gasteiger partial charge in [-0.2, -0.15) is 8.42 Å². The molecule has 36 heavy (non-hydrogen) atoms. The predicted molar refractivity (Wildman–Crippen MR) is 139 cm³/mol. The van der Waals surface area contributed by atoms with Crippen LogP contribution in [0, 0.1) is 0 Å². The summed E-state index contributed by atoms with van der Waals surface area (Å²) in [6.07, 6.45) is 0. The molecule has 2 aliphatic rings. The summed E-state index contributed by atoms with van der Waals surface area (Å²) < 4.78 is 40.8. The molecule has 0 saturated carbocycles. The fourth-order valence-electron chi connectivity index (χ4n) is 3.66. The Balaban J connectivity index is 0.000000179. The van der Waals surface area contributed by atoms with E-state index in [9.17, 15) is 13.2 Å². The number of hydrogen-bond acceptors (Lipinski definition) is 7. The van der Waals surface area contributed by atoms with Crippen LogP contribution >= 0.6 is 11.6 Å². The van der Waals surface area contributed by atoms with Gasteiger partial charge in [0.1, 0.15) is 5.75 Å². The molecule has 9 nitrogen and oxygen atoms in total. The molecule has 3 N–H and O–H groups in total. The molecule has 190 valence electrons. The lowest BCUT2D eigenvalue weighted by atomic mass is 10.2. The normalized spacial score (nSPS) is 15.1. The number of morpholine rings is 1. The van der Waals surface area contributed by atoms with E-state index >= 15 is 0 Å². The number of carbonyl (C=O) groups excluding carboxylic acids is 1. The average molecular weight is 532 g/mol. The molecule has 0 atom stereocenters. The Labute approximate surface area is 214 Å². The number of nitrogens with zero attached hydrogens (tertiary/aromatic N) is 1. The lowest BCUT2D eigenvalue weighted by molar-refractivity contribution is -0.118. The van der Waals surface area contributed by atoms with Crippen LogP contribution in [0.15, 0.2) is 71.6 Å². The van der Waals surface area contributed by atoms with E-state index in [2.05, 4.69) is 39.8 Å². The molecule has 0 aromatic heterocycles. The molecule has 0 bridgehead atoms. The molecule has 0 spiro atoms. The molecule has 0 unspecified atom stereocenters. The summed E-state index contributed by atoms with van der Waals surface area (Å²) in [6, 6.07) is 20.2. The highest BCUT2D eigenvalue weighted by molar-refractivity contribution is 7.85. The topological polar surface area (TPSA) is 117 Å². The minimum Gasteiger partial charge on any atom is -0.482 e. The van der Waals surface area contributed by atoms with Gasteiger partial charge in [-0.15, -0.1) is 0 Å². The Morgan fingerprint density at radius 2 is 1.78 bits per heavy atom. The van der Waals surface area contributed by atoms with Crippen molar-refractivity contribution in [2.24, 2.45) is 0 Å². The van der Waals surface area contributed by atoms with Crippen LogP contribution in [0.5, 0.6) is 5.75 Å². The van der Waals surface area contributed by atoms with Gasteiger partial charge in [0, 0.05) is 36.0 Å². The van der Waals surface area contributed by atoms with Crippen molar-refractivity contribution in [2.75, 3.05) is 48.4 Å². The minimum atomic E-state index is -4.26. The number of nitrogens with one attached hydrogen (secondary N) is 2. The average Bonchev–Trinajstić information content (AvgIpc) is 2.88. The van der Waals surface area contributed by atoms with Gasteiger partial charge in [-0.3, -0.25) is 9.35 Å². The second-order valence-electron chi connectivity index (χ2n) is 8.10. The molecule has 2 aliphatic heterocycles. The van der Waals surface area contributed by atoms with Crippen LogP contribution in [-0.2, 0) is 26.2 Å². The van der Waals surface area contributed by atoms with Crippen molar-refractivity contribution in [3.8, 4) is 5.75 Å². The summed E-state index contributed by atoms with van der Waals surface area (Å²) in [4.78, 5) is 13.0. The van der Waals surface area contributed by atoms with Crippen molar-refractivity contribution in [2.45, 2.75) is 11.4 Å². The second kappa shape index (κ2) is 11.6. The molecule has 1 saturated heterocycles. The summed E-state index contributed by atoms with van der Waals surface area (Å²) in [6.45, 7) is 4.23. The van der Waals surface area contributed by atoms with Crippen molar-refractivity contribution in [3.63, 3.8) is 0 Å². The van der Waals surface area contributed by atoms with Crippen LogP contribution in [0.4, 0.5) is 17.1 Å². The van der Waals surface area contributed by atoms with E-state index in [0.717, 1.165) is 49.6 Å². The number of benzene rings is 3. The molecule has 1 amide bonds. The summed E-state index contributed by atoms with van der Waals surface area (Å²) in [7, 11) is -4.26. The van der Waals surface area contributed by atoms with Crippen molar-refractivity contribution >= 4 is 44.7 Å². The summed E-state index contributed by atoms with van der Waals surface area (Å²) in [5, 5.41) is 6.66. The Morgan fingerprint density at radius 3 is 2.50 bits per heavy atom. The third-order valence-electron chi connectivity index (χ3n) is 5.51. The van der Waals surface area contributed by atoms with Crippen LogP contribution in [0.1, 0.15) is 5.56 Å². The van der Waals surface area contributed by atoms with Crippen LogP contribution in [0.3, 0.4) is 0 Å². The number of amides is 1. The standard InChI is InChI=1S/C17H19ClN2O.C8H7NO5S/c18-15-6-4-14(5-7-15)13-19-16-2-1-3-17(12-16)20-8-10-21-11-9-20;10-8-4-14-7-2-1-5(15(11,12)13)3-6(7)9-8/h1-7,12,19H,8-11,13H2;1-3H,4H2,(H,9,10)(H,11,12,13). The fraction of sp³-hybridized carbons (Fsp3) is 0.240. The van der Waals surface area contributed by atoms with E-state index in [-0.39, 0.29) is 23.1 Å². The zero-order valence-corrected chi connectivity index (χ0v) is 20.9. The van der Waals surface area contributed by atoms with Crippen LogP contribution in [0.2, 0.25) is 5.02 Å². The third kappa shape index (κ3) is 7.11. The molecule has 2 heterocycles. The number of rotatable bonds is 5. The fourth-order valence-corrected chi connectivity index (χ4v) is 4.30. The lowest BCUT2D eigenvalue weighted by Gasteiger charge is -2.29. The minimum absolute atomic E-state index is 0.0990. The Hall–Kier alpha value is -3.31. The molecule has 0 aliphatic carbocycles. The van der Waals surface area contributed by atoms with E-state index < -0.39 is 10.1 Å². The van der Waals surface area contributed by atoms with E-state index in [1.807, 2.05) is 24.3 Å². The van der Waals surface area contributed by atoms with Gasteiger partial charge < -0.3 is 25.0 Å². The number of anilines is 3. The summed E-state index contributed by atoms with van der Waals surface area (Å²) >= 11 is 5.90. The van der Waals surface area contributed by atoms with Gasteiger partial charge in [0.25, 0.3) is 16.0 Å². The quantitative estimate of drug-likeness (QED) is 0.422. The molecular weight excluding hydrogens is 506 g/mol. The van der Waals surface area contributed by atoms with Crippen molar-refractivity contribution in [3.05, 3.63) is 77.3 Å². The monoisotopic (exact) mass is 531 g/mol. The van der Waals surface area contributed by atoms with Gasteiger partial charge in [-0.25, -0.2) is 0 Å².